The number of nitrogens with one attached hydrogen (secondary N) is 1. The van der Waals surface area contributed by atoms with Crippen LogP contribution in [0.4, 0.5) is 0 Å². The summed E-state index contributed by atoms with van der Waals surface area (Å²) in [5.74, 6) is 0.154. The van der Waals surface area contributed by atoms with Crippen LogP contribution in [0, 0.1) is 6.92 Å². The summed E-state index contributed by atoms with van der Waals surface area (Å²) >= 11 is 1.22. The summed E-state index contributed by atoms with van der Waals surface area (Å²) in [5, 5.41) is 11.3. The van der Waals surface area contributed by atoms with E-state index in [0.29, 0.717) is 30.7 Å². The zero-order valence-electron chi connectivity index (χ0n) is 15.6. The molecule has 0 aliphatic heterocycles. The molecule has 10 heteroatoms. The molecule has 0 unspecified atom stereocenters. The van der Waals surface area contributed by atoms with Gasteiger partial charge in [0.15, 0.2) is 15.0 Å². The minimum Gasteiger partial charge on any atom is -0.383 e. The van der Waals surface area contributed by atoms with Gasteiger partial charge in [0.25, 0.3) is 0 Å². The van der Waals surface area contributed by atoms with Crippen LogP contribution in [-0.4, -0.2) is 55.1 Å². The van der Waals surface area contributed by atoms with E-state index in [1.807, 2.05) is 13.8 Å². The molecule has 0 aliphatic rings. The number of methoxy groups -OCH3 is 1. The second-order valence-electron chi connectivity index (χ2n) is 5.85. The number of hydrogen-bond donors (Lipinski definition) is 1. The number of aromatic nitrogens is 3. The minimum atomic E-state index is -3.52. The number of rotatable bonds is 10. The lowest BCUT2D eigenvalue weighted by Crippen LogP contribution is -2.28. The predicted octanol–water partition coefficient (Wildman–Crippen LogP) is 1.44. The maximum absolute atomic E-state index is 12.6. The Hall–Kier alpha value is -1.91. The molecule has 0 aliphatic carbocycles. The Labute approximate surface area is 163 Å². The second-order valence-corrected chi connectivity index (χ2v) is 8.78. The Balaban J connectivity index is 2.06. The highest BCUT2D eigenvalue weighted by Crippen LogP contribution is 2.21. The first-order valence-corrected chi connectivity index (χ1v) is 11.1. The Kier molecular flexibility index (Phi) is 7.81. The number of thioether (sulfide) groups is 1. The van der Waals surface area contributed by atoms with Crippen LogP contribution < -0.4 is 5.32 Å². The van der Waals surface area contributed by atoms with Crippen LogP contribution in [0.25, 0.3) is 0 Å². The monoisotopic (exact) mass is 412 g/mol. The number of carbonyl (C=O) groups excluding carboxylic acids is 1. The van der Waals surface area contributed by atoms with Gasteiger partial charge in [-0.15, -0.1) is 10.2 Å². The lowest BCUT2D eigenvalue weighted by Gasteiger charge is -2.08. The number of aryl methyl sites for hydroxylation is 1. The average Bonchev–Trinajstić information content (AvgIpc) is 3.01. The van der Waals surface area contributed by atoms with Gasteiger partial charge in [0.05, 0.1) is 17.3 Å². The number of nitrogens with zero attached hydrogens (tertiary/aromatic N) is 3. The molecular formula is C17H24N4O4S2. The fourth-order valence-electron chi connectivity index (χ4n) is 2.32. The first kappa shape index (κ1) is 21.4. The summed E-state index contributed by atoms with van der Waals surface area (Å²) in [5.41, 5.74) is 0.994. The third-order valence-corrected chi connectivity index (χ3v) is 6.37. The summed E-state index contributed by atoms with van der Waals surface area (Å²) in [6.45, 7) is 5.19. The van der Waals surface area contributed by atoms with Gasteiger partial charge in [-0.1, -0.05) is 29.5 Å². The van der Waals surface area contributed by atoms with Crippen molar-refractivity contribution in [2.75, 3.05) is 26.0 Å². The van der Waals surface area contributed by atoms with Gasteiger partial charge < -0.3 is 14.6 Å². The Morgan fingerprint density at radius 1 is 1.26 bits per heavy atom. The van der Waals surface area contributed by atoms with E-state index in [2.05, 4.69) is 15.5 Å². The summed E-state index contributed by atoms with van der Waals surface area (Å²) in [7, 11) is -1.96. The van der Waals surface area contributed by atoms with E-state index in [4.69, 9.17) is 4.74 Å². The highest BCUT2D eigenvalue weighted by Gasteiger charge is 2.21. The van der Waals surface area contributed by atoms with Gasteiger partial charge in [-0.2, -0.15) is 0 Å². The highest BCUT2D eigenvalue weighted by atomic mass is 32.2. The van der Waals surface area contributed by atoms with E-state index in [0.717, 1.165) is 5.56 Å². The maximum atomic E-state index is 12.6. The quantitative estimate of drug-likeness (QED) is 0.465. The van der Waals surface area contributed by atoms with Gasteiger partial charge in [-0.05, 0) is 26.0 Å². The van der Waals surface area contributed by atoms with Crippen molar-refractivity contribution >= 4 is 27.5 Å². The van der Waals surface area contributed by atoms with E-state index >= 15 is 0 Å². The van der Waals surface area contributed by atoms with Gasteiger partial charge in [0.1, 0.15) is 11.6 Å². The van der Waals surface area contributed by atoms with Gasteiger partial charge in [0.2, 0.25) is 5.91 Å². The lowest BCUT2D eigenvalue weighted by atomic mass is 10.2. The molecule has 1 aromatic carbocycles. The molecule has 0 radical (unpaired) electrons. The van der Waals surface area contributed by atoms with Crippen LogP contribution in [-0.2, 0) is 31.7 Å². The fraction of sp³-hybridized carbons (Fsp3) is 0.471. The smallest absolute Gasteiger partial charge is 0.230 e. The molecule has 1 heterocycles. The van der Waals surface area contributed by atoms with Crippen molar-refractivity contribution in [2.24, 2.45) is 0 Å². The third kappa shape index (κ3) is 6.05. The van der Waals surface area contributed by atoms with E-state index < -0.39 is 9.84 Å². The number of amides is 1. The third-order valence-electron chi connectivity index (χ3n) is 3.77. The molecule has 0 fully saturated rings. The summed E-state index contributed by atoms with van der Waals surface area (Å²) in [6, 6.07) is 6.72. The van der Waals surface area contributed by atoms with Crippen LogP contribution in [0.3, 0.4) is 0 Å². The molecule has 8 nitrogen and oxygen atoms in total. The molecule has 1 aromatic heterocycles. The molecule has 27 heavy (non-hydrogen) atoms. The number of ether oxygens (including phenoxy) is 1. The Morgan fingerprint density at radius 3 is 2.59 bits per heavy atom. The van der Waals surface area contributed by atoms with Gasteiger partial charge in [-0.25, -0.2) is 8.42 Å². The maximum Gasteiger partial charge on any atom is 0.230 e. The number of carbonyl (C=O) groups is 1. The molecule has 0 spiro atoms. The van der Waals surface area contributed by atoms with Crippen molar-refractivity contribution in [3.63, 3.8) is 0 Å². The highest BCUT2D eigenvalue weighted by molar-refractivity contribution is 7.99. The SMILES string of the molecule is CCn1c(CS(=O)(=O)c2ccc(C)cc2)nnc1SCC(=O)NCCOC. The average molecular weight is 413 g/mol. The molecule has 0 saturated heterocycles. The normalized spacial score (nSPS) is 11.5. The van der Waals surface area contributed by atoms with Crippen molar-refractivity contribution < 1.29 is 17.9 Å². The van der Waals surface area contributed by atoms with E-state index in [9.17, 15) is 13.2 Å². The molecule has 1 amide bonds. The fourth-order valence-corrected chi connectivity index (χ4v) is 4.44. The zero-order valence-corrected chi connectivity index (χ0v) is 17.3. The topological polar surface area (TPSA) is 103 Å². The minimum absolute atomic E-state index is 0.142. The Bertz CT molecular complexity index is 864. The van der Waals surface area contributed by atoms with Crippen molar-refractivity contribution in [3.05, 3.63) is 35.7 Å². The summed E-state index contributed by atoms with van der Waals surface area (Å²) in [4.78, 5) is 12.1. The zero-order chi connectivity index (χ0) is 19.9. The lowest BCUT2D eigenvalue weighted by molar-refractivity contribution is -0.118. The summed E-state index contributed by atoms with van der Waals surface area (Å²) in [6.07, 6.45) is 0. The van der Waals surface area contributed by atoms with E-state index in [1.54, 1.807) is 35.9 Å². The van der Waals surface area contributed by atoms with Gasteiger partial charge in [0, 0.05) is 20.2 Å². The van der Waals surface area contributed by atoms with Crippen molar-refractivity contribution in [2.45, 2.75) is 36.2 Å². The van der Waals surface area contributed by atoms with Crippen LogP contribution in [0.15, 0.2) is 34.3 Å². The van der Waals surface area contributed by atoms with Crippen LogP contribution in [0.1, 0.15) is 18.3 Å². The first-order valence-electron chi connectivity index (χ1n) is 8.47. The largest absolute Gasteiger partial charge is 0.383 e. The van der Waals surface area contributed by atoms with Crippen molar-refractivity contribution in [3.8, 4) is 0 Å². The van der Waals surface area contributed by atoms with Crippen LogP contribution in [0.5, 0.6) is 0 Å². The molecule has 148 valence electrons. The first-order chi connectivity index (χ1) is 12.9. The van der Waals surface area contributed by atoms with E-state index in [-0.39, 0.29) is 22.3 Å². The van der Waals surface area contributed by atoms with E-state index in [1.165, 1.54) is 11.8 Å². The molecule has 0 bridgehead atoms. The van der Waals surface area contributed by atoms with Gasteiger partial charge in [-0.3, -0.25) is 4.79 Å². The van der Waals surface area contributed by atoms with Crippen molar-refractivity contribution in [1.82, 2.24) is 20.1 Å². The van der Waals surface area contributed by atoms with Crippen molar-refractivity contribution in [1.29, 1.82) is 0 Å². The number of hydrogen-bond acceptors (Lipinski definition) is 7. The predicted molar refractivity (Wildman–Crippen MR) is 103 cm³/mol. The molecule has 1 N–H and O–H groups in total. The standard InChI is InChI=1S/C17H24N4O4S2/c1-4-21-15(12-27(23,24)14-7-5-13(2)6-8-14)19-20-17(21)26-11-16(22)18-9-10-25-3/h5-8H,4,9-12H2,1-3H3,(H,18,22). The summed E-state index contributed by atoms with van der Waals surface area (Å²) < 4.78 is 31.9. The molecule has 2 rings (SSSR count). The number of benzene rings is 1. The Morgan fingerprint density at radius 2 is 1.96 bits per heavy atom. The van der Waals surface area contributed by atoms with Crippen LogP contribution >= 0.6 is 11.8 Å². The second kappa shape index (κ2) is 9.86. The molecule has 0 atom stereocenters. The van der Waals surface area contributed by atoms with Crippen LogP contribution in [0.2, 0.25) is 0 Å². The number of sulfone groups is 1. The molecule has 0 saturated carbocycles. The van der Waals surface area contributed by atoms with Gasteiger partial charge >= 0.3 is 0 Å². The molecular weight excluding hydrogens is 388 g/mol. The molecule has 2 aromatic rings.